The number of aliphatic hydroxyl groups excluding tert-OH is 1. The van der Waals surface area contributed by atoms with Crippen molar-refractivity contribution in [3.63, 3.8) is 0 Å². The van der Waals surface area contributed by atoms with Crippen molar-refractivity contribution in [2.24, 2.45) is 0 Å². The third-order valence-electron chi connectivity index (χ3n) is 5.34. The lowest BCUT2D eigenvalue weighted by Crippen LogP contribution is -2.41. The molecule has 2 unspecified atom stereocenters. The highest BCUT2D eigenvalue weighted by molar-refractivity contribution is 5.96. The molecule has 8 heteroatoms. The third kappa shape index (κ3) is 4.72. The van der Waals surface area contributed by atoms with Crippen LogP contribution >= 0.6 is 0 Å². The van der Waals surface area contributed by atoms with Crippen LogP contribution in [0.2, 0.25) is 0 Å². The van der Waals surface area contributed by atoms with Crippen LogP contribution in [-0.4, -0.2) is 67.9 Å². The Hall–Kier alpha value is -3.10. The zero-order chi connectivity index (χ0) is 21.1. The molecular weight excluding hydrogens is 380 g/mol. The summed E-state index contributed by atoms with van der Waals surface area (Å²) in [4.78, 5) is 15.2. The van der Waals surface area contributed by atoms with Gasteiger partial charge in [-0.3, -0.25) is 9.69 Å². The van der Waals surface area contributed by atoms with Crippen molar-refractivity contribution >= 4 is 5.91 Å². The summed E-state index contributed by atoms with van der Waals surface area (Å²) in [7, 11) is 0. The minimum atomic E-state index is -0.266. The number of aryl methyl sites for hydroxylation is 1. The molecule has 1 fully saturated rings. The highest BCUT2D eigenvalue weighted by atomic mass is 16.3. The summed E-state index contributed by atoms with van der Waals surface area (Å²) >= 11 is 0. The van der Waals surface area contributed by atoms with Crippen molar-refractivity contribution in [1.82, 2.24) is 30.4 Å². The predicted octanol–water partition coefficient (Wildman–Crippen LogP) is 1.82. The van der Waals surface area contributed by atoms with Crippen molar-refractivity contribution in [2.45, 2.75) is 32.4 Å². The van der Waals surface area contributed by atoms with Crippen LogP contribution in [0.15, 0.2) is 48.8 Å². The van der Waals surface area contributed by atoms with E-state index in [0.717, 1.165) is 29.8 Å². The summed E-state index contributed by atoms with van der Waals surface area (Å²) in [6.45, 7) is 6.25. The van der Waals surface area contributed by atoms with E-state index in [2.05, 4.69) is 25.7 Å². The number of amides is 1. The first kappa shape index (κ1) is 20.2. The van der Waals surface area contributed by atoms with Gasteiger partial charge in [0.15, 0.2) is 0 Å². The number of aromatic nitrogens is 4. The van der Waals surface area contributed by atoms with E-state index < -0.39 is 0 Å². The molecule has 1 saturated heterocycles. The van der Waals surface area contributed by atoms with Crippen LogP contribution in [-0.2, 0) is 0 Å². The molecule has 4 rings (SSSR count). The average Bonchev–Trinajstić information content (AvgIpc) is 3.40. The van der Waals surface area contributed by atoms with Gasteiger partial charge in [-0.05, 0) is 60.0 Å². The molecule has 3 aromatic rings. The predicted molar refractivity (Wildman–Crippen MR) is 113 cm³/mol. The highest BCUT2D eigenvalue weighted by Gasteiger charge is 2.22. The van der Waals surface area contributed by atoms with Gasteiger partial charge < -0.3 is 10.4 Å². The number of nitrogens with zero attached hydrogens (tertiary/aromatic N) is 5. The molecule has 0 aliphatic carbocycles. The van der Waals surface area contributed by atoms with Gasteiger partial charge in [0, 0.05) is 31.2 Å². The Morgan fingerprint density at radius 2 is 2.03 bits per heavy atom. The van der Waals surface area contributed by atoms with Crippen molar-refractivity contribution in [3.8, 4) is 16.8 Å². The summed E-state index contributed by atoms with van der Waals surface area (Å²) in [5, 5.41) is 24.2. The second-order valence-electron chi connectivity index (χ2n) is 7.97. The minimum Gasteiger partial charge on any atom is -0.392 e. The molecule has 2 N–H and O–H groups in total. The van der Waals surface area contributed by atoms with E-state index in [9.17, 15) is 9.90 Å². The molecule has 0 spiro atoms. The molecule has 1 amide bonds. The quantitative estimate of drug-likeness (QED) is 0.648. The molecule has 30 heavy (non-hydrogen) atoms. The molecule has 0 bridgehead atoms. The first-order chi connectivity index (χ1) is 14.5. The van der Waals surface area contributed by atoms with E-state index in [1.54, 1.807) is 10.7 Å². The molecule has 2 heterocycles. The maximum absolute atomic E-state index is 13.0. The molecule has 8 nitrogen and oxygen atoms in total. The number of hydrogen-bond acceptors (Lipinski definition) is 6. The van der Waals surface area contributed by atoms with Gasteiger partial charge in [-0.1, -0.05) is 29.8 Å². The highest BCUT2D eigenvalue weighted by Crippen LogP contribution is 2.24. The van der Waals surface area contributed by atoms with Gasteiger partial charge in [0.1, 0.15) is 6.33 Å². The van der Waals surface area contributed by atoms with E-state index in [-0.39, 0.29) is 18.1 Å². The van der Waals surface area contributed by atoms with Crippen LogP contribution in [0.1, 0.15) is 29.3 Å². The van der Waals surface area contributed by atoms with Crippen molar-refractivity contribution in [3.05, 3.63) is 59.9 Å². The lowest BCUT2D eigenvalue weighted by molar-refractivity contribution is 0.0930. The maximum Gasteiger partial charge on any atom is 0.251 e. The zero-order valence-electron chi connectivity index (χ0n) is 17.2. The maximum atomic E-state index is 13.0. The zero-order valence-corrected chi connectivity index (χ0v) is 17.2. The van der Waals surface area contributed by atoms with Crippen LogP contribution in [0.25, 0.3) is 16.8 Å². The van der Waals surface area contributed by atoms with E-state index in [4.69, 9.17) is 0 Å². The molecular formula is C22H26N6O2. The number of nitrogens with one attached hydrogen (secondary N) is 1. The molecule has 1 aromatic heterocycles. The van der Waals surface area contributed by atoms with Crippen LogP contribution in [0.3, 0.4) is 0 Å². The standard InChI is InChI=1S/C22H26N6O2/c1-15-3-5-17(6-4-15)18-9-19(11-20(10-18)28-14-23-25-26-28)22(30)24-16(2)12-27-8-7-21(29)13-27/h3-6,9-11,14,16,21,29H,7-8,12-13H2,1-2H3,(H,24,30). The fraction of sp³-hybridized carbons (Fsp3) is 0.364. The van der Waals surface area contributed by atoms with E-state index in [0.29, 0.717) is 18.7 Å². The minimum absolute atomic E-state index is 0.0395. The molecule has 156 valence electrons. The average molecular weight is 406 g/mol. The van der Waals surface area contributed by atoms with Gasteiger partial charge in [-0.2, -0.15) is 0 Å². The summed E-state index contributed by atoms with van der Waals surface area (Å²) < 4.78 is 1.55. The Balaban J connectivity index is 1.58. The fourth-order valence-corrected chi connectivity index (χ4v) is 3.78. The molecule has 1 aliphatic rings. The number of hydrogen-bond donors (Lipinski definition) is 2. The Morgan fingerprint density at radius 3 is 2.70 bits per heavy atom. The van der Waals surface area contributed by atoms with Crippen molar-refractivity contribution in [1.29, 1.82) is 0 Å². The number of carbonyl (C=O) groups is 1. The lowest BCUT2D eigenvalue weighted by atomic mass is 10.0. The van der Waals surface area contributed by atoms with Gasteiger partial charge in [0.05, 0.1) is 11.8 Å². The summed E-state index contributed by atoms with van der Waals surface area (Å²) in [5.74, 6) is -0.148. The largest absolute Gasteiger partial charge is 0.392 e. The van der Waals surface area contributed by atoms with Gasteiger partial charge in [0.25, 0.3) is 5.91 Å². The van der Waals surface area contributed by atoms with Crippen LogP contribution < -0.4 is 5.32 Å². The van der Waals surface area contributed by atoms with Gasteiger partial charge in [0.2, 0.25) is 0 Å². The number of benzene rings is 2. The SMILES string of the molecule is Cc1ccc(-c2cc(C(=O)NC(C)CN3CCC(O)C3)cc(-n3cnnn3)c2)cc1. The van der Waals surface area contributed by atoms with E-state index >= 15 is 0 Å². The lowest BCUT2D eigenvalue weighted by Gasteiger charge is -2.21. The van der Waals surface area contributed by atoms with Gasteiger partial charge in [-0.15, -0.1) is 5.10 Å². The Labute approximate surface area is 175 Å². The van der Waals surface area contributed by atoms with E-state index in [1.165, 1.54) is 11.9 Å². The number of rotatable bonds is 6. The van der Waals surface area contributed by atoms with Gasteiger partial charge in [-0.25, -0.2) is 4.68 Å². The Kier molecular flexibility index (Phi) is 5.87. The summed E-state index contributed by atoms with van der Waals surface area (Å²) in [6, 6.07) is 13.8. The number of carbonyl (C=O) groups excluding carboxylic acids is 1. The van der Waals surface area contributed by atoms with Crippen LogP contribution in [0, 0.1) is 6.92 Å². The molecule has 2 atom stereocenters. The number of β-amino-alcohol motifs (C(OH)–C–C–N with tert-alkyl or cyclic N) is 1. The second kappa shape index (κ2) is 8.73. The molecule has 0 saturated carbocycles. The topological polar surface area (TPSA) is 96.2 Å². The van der Waals surface area contributed by atoms with E-state index in [1.807, 2.05) is 50.2 Å². The first-order valence-corrected chi connectivity index (χ1v) is 10.1. The monoisotopic (exact) mass is 406 g/mol. The first-order valence-electron chi connectivity index (χ1n) is 10.1. The van der Waals surface area contributed by atoms with Crippen LogP contribution in [0.4, 0.5) is 0 Å². The molecule has 1 aliphatic heterocycles. The van der Waals surface area contributed by atoms with Crippen molar-refractivity contribution < 1.29 is 9.90 Å². The smallest absolute Gasteiger partial charge is 0.251 e. The second-order valence-corrected chi connectivity index (χ2v) is 7.97. The van der Waals surface area contributed by atoms with Crippen molar-refractivity contribution in [2.75, 3.05) is 19.6 Å². The third-order valence-corrected chi connectivity index (χ3v) is 5.34. The summed E-state index contributed by atoms with van der Waals surface area (Å²) in [6.07, 6.45) is 2.03. The summed E-state index contributed by atoms with van der Waals surface area (Å²) in [5.41, 5.74) is 4.38. The normalized spacial score (nSPS) is 17.8. The molecule has 2 aromatic carbocycles. The Morgan fingerprint density at radius 1 is 1.23 bits per heavy atom. The molecule has 0 radical (unpaired) electrons. The number of tetrazole rings is 1. The number of likely N-dealkylation sites (tertiary alicyclic amines) is 1. The van der Waals surface area contributed by atoms with Gasteiger partial charge >= 0.3 is 0 Å². The van der Waals surface area contributed by atoms with Crippen LogP contribution in [0.5, 0.6) is 0 Å². The fourth-order valence-electron chi connectivity index (χ4n) is 3.78. The number of aliphatic hydroxyl groups is 1. The Bertz CT molecular complexity index is 1000.